The number of H-pyrrole nitrogens is 1. The van der Waals surface area contributed by atoms with E-state index in [1.807, 2.05) is 0 Å². The van der Waals surface area contributed by atoms with E-state index in [1.54, 1.807) is 5.38 Å². The van der Waals surface area contributed by atoms with Gasteiger partial charge in [0.15, 0.2) is 0 Å². The average molecular weight is 267 g/mol. The van der Waals surface area contributed by atoms with E-state index in [0.717, 1.165) is 11.3 Å². The predicted molar refractivity (Wildman–Crippen MR) is 67.6 cm³/mol. The maximum atomic E-state index is 10.9. The highest BCUT2D eigenvalue weighted by Gasteiger charge is 2.09. The van der Waals surface area contributed by atoms with Gasteiger partial charge in [0.2, 0.25) is 0 Å². The number of nitro groups is 1. The fourth-order valence-electron chi connectivity index (χ4n) is 1.32. The highest BCUT2D eigenvalue weighted by molar-refractivity contribution is 7.07. The van der Waals surface area contributed by atoms with Crippen LogP contribution in [-0.2, 0) is 6.54 Å². The minimum absolute atomic E-state index is 0.0607. The molecule has 0 saturated carbocycles. The Morgan fingerprint density at radius 2 is 2.33 bits per heavy atom. The zero-order valence-electron chi connectivity index (χ0n) is 9.04. The van der Waals surface area contributed by atoms with Crippen LogP contribution in [0.25, 0.3) is 0 Å². The van der Waals surface area contributed by atoms with Crippen LogP contribution in [0, 0.1) is 10.1 Å². The molecule has 2 aromatic heterocycles. The molecule has 94 valence electrons. The van der Waals surface area contributed by atoms with Crippen LogP contribution in [0.3, 0.4) is 0 Å². The Bertz CT molecular complexity index is 635. The molecular formula is C9H9N5O3S. The molecule has 0 aromatic carbocycles. The van der Waals surface area contributed by atoms with Crippen LogP contribution in [0.4, 0.5) is 17.3 Å². The Kier molecular flexibility index (Phi) is 3.24. The van der Waals surface area contributed by atoms with Gasteiger partial charge in [-0.1, -0.05) is 11.3 Å². The summed E-state index contributed by atoms with van der Waals surface area (Å²) in [5.41, 5.74) is 6.00. The van der Waals surface area contributed by atoms with Crippen molar-refractivity contribution in [1.82, 2.24) is 9.97 Å². The molecule has 0 radical (unpaired) electrons. The molecule has 0 saturated heterocycles. The first-order valence-electron chi connectivity index (χ1n) is 4.87. The minimum atomic E-state index is -0.546. The number of nitrogens with two attached hydrogens (primary N) is 1. The van der Waals surface area contributed by atoms with E-state index in [4.69, 9.17) is 5.73 Å². The summed E-state index contributed by atoms with van der Waals surface area (Å²) in [4.78, 5) is 27.4. The molecule has 0 atom stereocenters. The van der Waals surface area contributed by atoms with Gasteiger partial charge in [0.05, 0.1) is 23.6 Å². The van der Waals surface area contributed by atoms with E-state index < -0.39 is 4.92 Å². The second kappa shape index (κ2) is 4.84. The summed E-state index contributed by atoms with van der Waals surface area (Å²) >= 11 is 1.05. The van der Waals surface area contributed by atoms with Gasteiger partial charge < -0.3 is 16.0 Å². The summed E-state index contributed by atoms with van der Waals surface area (Å²) in [6.45, 7) is 0.312. The minimum Gasteiger partial charge on any atom is -0.383 e. The third-order valence-corrected chi connectivity index (χ3v) is 2.79. The fraction of sp³-hybridized carbons (Fsp3) is 0.111. The molecule has 2 rings (SSSR count). The second-order valence-corrected chi connectivity index (χ2v) is 4.26. The highest BCUT2D eigenvalue weighted by atomic mass is 32.1. The number of thiazole rings is 1. The smallest absolute Gasteiger partial charge is 0.304 e. The molecule has 0 unspecified atom stereocenters. The quantitative estimate of drug-likeness (QED) is 0.558. The van der Waals surface area contributed by atoms with Crippen molar-refractivity contribution in [3.8, 4) is 0 Å². The number of aromatic amines is 1. The summed E-state index contributed by atoms with van der Waals surface area (Å²) < 4.78 is 0. The van der Waals surface area contributed by atoms with Crippen LogP contribution >= 0.6 is 11.3 Å². The maximum Gasteiger partial charge on any atom is 0.304 e. The number of rotatable bonds is 4. The largest absolute Gasteiger partial charge is 0.383 e. The van der Waals surface area contributed by atoms with Crippen LogP contribution in [0.15, 0.2) is 22.3 Å². The SMILES string of the molecule is Nc1cc([N+](=O)[O-])cc(NCc2csc(=O)[nH]2)n1. The normalized spacial score (nSPS) is 10.2. The molecule has 0 aliphatic rings. The number of nitrogens with zero attached hydrogens (tertiary/aromatic N) is 2. The topological polar surface area (TPSA) is 127 Å². The molecule has 0 spiro atoms. The van der Waals surface area contributed by atoms with Crippen LogP contribution < -0.4 is 15.9 Å². The van der Waals surface area contributed by atoms with Crippen molar-refractivity contribution in [3.05, 3.63) is 43.0 Å². The van der Waals surface area contributed by atoms with E-state index in [-0.39, 0.29) is 22.2 Å². The number of anilines is 2. The van der Waals surface area contributed by atoms with Crippen molar-refractivity contribution in [1.29, 1.82) is 0 Å². The summed E-state index contributed by atoms with van der Waals surface area (Å²) in [6.07, 6.45) is 0. The predicted octanol–water partition coefficient (Wildman–Crippen LogP) is 0.934. The van der Waals surface area contributed by atoms with Crippen LogP contribution in [0.5, 0.6) is 0 Å². The van der Waals surface area contributed by atoms with Crippen molar-refractivity contribution >= 4 is 28.7 Å². The van der Waals surface area contributed by atoms with Gasteiger partial charge in [-0.3, -0.25) is 14.9 Å². The van der Waals surface area contributed by atoms with Gasteiger partial charge in [-0.2, -0.15) is 0 Å². The van der Waals surface area contributed by atoms with Crippen LogP contribution in [0.2, 0.25) is 0 Å². The fourth-order valence-corrected chi connectivity index (χ4v) is 1.90. The van der Waals surface area contributed by atoms with Gasteiger partial charge in [0, 0.05) is 11.1 Å². The number of nitrogen functional groups attached to an aromatic ring is 1. The number of pyridine rings is 1. The molecule has 2 aromatic rings. The Morgan fingerprint density at radius 1 is 1.56 bits per heavy atom. The molecule has 0 fully saturated rings. The molecule has 0 aliphatic heterocycles. The summed E-state index contributed by atoms with van der Waals surface area (Å²) in [5.74, 6) is 0.347. The first-order chi connectivity index (χ1) is 8.54. The molecule has 4 N–H and O–H groups in total. The van der Waals surface area contributed by atoms with Crippen molar-refractivity contribution in [2.24, 2.45) is 0 Å². The summed E-state index contributed by atoms with van der Waals surface area (Å²) in [5, 5.41) is 15.1. The van der Waals surface area contributed by atoms with E-state index in [9.17, 15) is 14.9 Å². The highest BCUT2D eigenvalue weighted by Crippen LogP contribution is 2.18. The summed E-state index contributed by atoms with van der Waals surface area (Å²) in [6, 6.07) is 2.46. The maximum absolute atomic E-state index is 10.9. The number of aromatic nitrogens is 2. The lowest BCUT2D eigenvalue weighted by molar-refractivity contribution is -0.384. The first-order valence-corrected chi connectivity index (χ1v) is 5.75. The van der Waals surface area contributed by atoms with Crippen molar-refractivity contribution < 1.29 is 4.92 Å². The first kappa shape index (κ1) is 12.0. The zero-order valence-corrected chi connectivity index (χ0v) is 9.86. The Morgan fingerprint density at radius 3 is 2.94 bits per heavy atom. The molecule has 0 amide bonds. The van der Waals surface area contributed by atoms with Crippen molar-refractivity contribution in [3.63, 3.8) is 0 Å². The average Bonchev–Trinajstić information content (AvgIpc) is 2.72. The van der Waals surface area contributed by atoms with Gasteiger partial charge in [-0.05, 0) is 0 Å². The molecule has 0 aliphatic carbocycles. The summed E-state index contributed by atoms with van der Waals surface area (Å²) in [7, 11) is 0. The van der Waals surface area contributed by atoms with E-state index in [0.29, 0.717) is 12.2 Å². The zero-order chi connectivity index (χ0) is 13.1. The van der Waals surface area contributed by atoms with Gasteiger partial charge >= 0.3 is 4.87 Å². The van der Waals surface area contributed by atoms with Gasteiger partial charge in [-0.15, -0.1) is 0 Å². The number of hydrogen-bond acceptors (Lipinski definition) is 7. The molecule has 2 heterocycles. The second-order valence-electron chi connectivity index (χ2n) is 3.42. The molecular weight excluding hydrogens is 258 g/mol. The molecule has 0 bridgehead atoms. The van der Waals surface area contributed by atoms with E-state index in [2.05, 4.69) is 15.3 Å². The third-order valence-electron chi connectivity index (χ3n) is 2.07. The standard InChI is InChI=1S/C9H9N5O3S/c10-7-1-6(14(16)17)2-8(13-7)11-3-5-4-18-9(15)12-5/h1-2,4H,3H2,(H,12,15)(H3,10,11,13). The van der Waals surface area contributed by atoms with Crippen molar-refractivity contribution in [2.75, 3.05) is 11.1 Å². The number of hydrogen-bond donors (Lipinski definition) is 3. The van der Waals surface area contributed by atoms with E-state index in [1.165, 1.54) is 12.1 Å². The lowest BCUT2D eigenvalue weighted by Crippen LogP contribution is -2.05. The molecule has 9 heteroatoms. The molecule has 8 nitrogen and oxygen atoms in total. The Labute approximate surface area is 105 Å². The monoisotopic (exact) mass is 267 g/mol. The van der Waals surface area contributed by atoms with Gasteiger partial charge in [-0.25, -0.2) is 4.98 Å². The van der Waals surface area contributed by atoms with Gasteiger partial charge in [0.25, 0.3) is 5.69 Å². The Balaban J connectivity index is 2.14. The van der Waals surface area contributed by atoms with E-state index >= 15 is 0 Å². The lowest BCUT2D eigenvalue weighted by atomic mass is 10.3. The van der Waals surface area contributed by atoms with Crippen LogP contribution in [-0.4, -0.2) is 14.9 Å². The molecule has 18 heavy (non-hydrogen) atoms. The Hall–Kier alpha value is -2.42. The van der Waals surface area contributed by atoms with Gasteiger partial charge in [0.1, 0.15) is 11.6 Å². The lowest BCUT2D eigenvalue weighted by Gasteiger charge is -2.04. The van der Waals surface area contributed by atoms with Crippen LogP contribution in [0.1, 0.15) is 5.69 Å². The number of nitrogens with one attached hydrogen (secondary N) is 2. The third kappa shape index (κ3) is 2.83. The van der Waals surface area contributed by atoms with Crippen molar-refractivity contribution in [2.45, 2.75) is 6.54 Å².